The quantitative estimate of drug-likeness (QED) is 0.718. The highest BCUT2D eigenvalue weighted by Crippen LogP contribution is 2.23. The van der Waals surface area contributed by atoms with Gasteiger partial charge in [0.2, 0.25) is 5.91 Å². The van der Waals surface area contributed by atoms with Crippen LogP contribution < -0.4 is 0 Å². The first-order valence-corrected chi connectivity index (χ1v) is 10.7. The number of aryl methyl sites for hydroxylation is 2. The third kappa shape index (κ3) is 4.47. The van der Waals surface area contributed by atoms with Gasteiger partial charge in [-0.25, -0.2) is 0 Å². The number of piperazine rings is 1. The lowest BCUT2D eigenvalue weighted by molar-refractivity contribution is -0.132. The molecule has 1 aromatic heterocycles. The zero-order valence-corrected chi connectivity index (χ0v) is 16.5. The second-order valence-corrected chi connectivity index (χ2v) is 8.53. The molecule has 0 radical (unpaired) electrons. The van der Waals surface area contributed by atoms with Gasteiger partial charge in [0.1, 0.15) is 0 Å². The number of Topliss-reactive ketones (excluding diaryl/α,β-unsaturated/α-hetero) is 1. The van der Waals surface area contributed by atoms with Gasteiger partial charge in [-0.1, -0.05) is 18.2 Å². The van der Waals surface area contributed by atoms with Crippen LogP contribution in [0.4, 0.5) is 0 Å². The van der Waals surface area contributed by atoms with Gasteiger partial charge < -0.3 is 4.90 Å². The summed E-state index contributed by atoms with van der Waals surface area (Å²) < 4.78 is 0. The van der Waals surface area contributed by atoms with Gasteiger partial charge in [0, 0.05) is 56.0 Å². The lowest BCUT2D eigenvalue weighted by Crippen LogP contribution is -2.48. The van der Waals surface area contributed by atoms with Gasteiger partial charge in [0.15, 0.2) is 5.78 Å². The lowest BCUT2D eigenvalue weighted by atomic mass is 10.0. The zero-order valence-electron chi connectivity index (χ0n) is 15.7. The molecule has 0 saturated carbocycles. The molecule has 1 aromatic carbocycles. The second kappa shape index (κ2) is 8.36. The fourth-order valence-corrected chi connectivity index (χ4v) is 4.79. The maximum Gasteiger partial charge on any atom is 0.223 e. The number of benzene rings is 1. The Bertz CT molecular complexity index is 808. The molecule has 1 aliphatic carbocycles. The van der Waals surface area contributed by atoms with Crippen molar-refractivity contribution in [2.45, 2.75) is 38.6 Å². The first-order chi connectivity index (χ1) is 13.2. The highest BCUT2D eigenvalue weighted by atomic mass is 32.1. The van der Waals surface area contributed by atoms with Gasteiger partial charge in [-0.3, -0.25) is 14.5 Å². The molecule has 0 atom stereocenters. The first-order valence-electron chi connectivity index (χ1n) is 9.86. The average Bonchev–Trinajstić information content (AvgIpc) is 3.37. The van der Waals surface area contributed by atoms with Crippen molar-refractivity contribution in [2.24, 2.45) is 0 Å². The Labute approximate surface area is 164 Å². The minimum absolute atomic E-state index is 0.0920. The van der Waals surface area contributed by atoms with Crippen LogP contribution in [0.2, 0.25) is 0 Å². The van der Waals surface area contributed by atoms with E-state index in [9.17, 15) is 9.59 Å². The van der Waals surface area contributed by atoms with Gasteiger partial charge >= 0.3 is 0 Å². The summed E-state index contributed by atoms with van der Waals surface area (Å²) in [5.41, 5.74) is 3.46. The molecule has 142 valence electrons. The number of nitrogens with zero attached hydrogens (tertiary/aromatic N) is 2. The van der Waals surface area contributed by atoms with Crippen LogP contribution in [-0.4, -0.2) is 47.7 Å². The van der Waals surface area contributed by atoms with Crippen LogP contribution in [0.15, 0.2) is 35.7 Å². The SMILES string of the molecule is O=C(CCC(=O)N1CCN(Cc2cccs2)CC1)c1ccc2c(c1)CCC2. The zero-order chi connectivity index (χ0) is 18.6. The Balaban J connectivity index is 1.23. The van der Waals surface area contributed by atoms with E-state index >= 15 is 0 Å². The first kappa shape index (κ1) is 18.4. The van der Waals surface area contributed by atoms with E-state index in [-0.39, 0.29) is 11.7 Å². The van der Waals surface area contributed by atoms with E-state index in [2.05, 4.69) is 28.5 Å². The van der Waals surface area contributed by atoms with Crippen molar-refractivity contribution in [3.8, 4) is 0 Å². The predicted molar refractivity (Wildman–Crippen MR) is 108 cm³/mol. The van der Waals surface area contributed by atoms with Crippen molar-refractivity contribution >= 4 is 23.0 Å². The molecule has 4 nitrogen and oxygen atoms in total. The molecule has 2 aliphatic rings. The summed E-state index contributed by atoms with van der Waals surface area (Å²) in [6.45, 7) is 4.30. The van der Waals surface area contributed by atoms with Crippen LogP contribution in [0.25, 0.3) is 0 Å². The Kier molecular flexibility index (Phi) is 5.69. The van der Waals surface area contributed by atoms with Crippen LogP contribution in [-0.2, 0) is 24.2 Å². The molecule has 2 aromatic rings. The number of thiophene rings is 1. The molecule has 1 amide bonds. The molecule has 1 fully saturated rings. The second-order valence-electron chi connectivity index (χ2n) is 7.50. The largest absolute Gasteiger partial charge is 0.340 e. The number of amides is 1. The van der Waals surface area contributed by atoms with Crippen molar-refractivity contribution in [3.05, 3.63) is 57.3 Å². The molecule has 0 unspecified atom stereocenters. The third-order valence-electron chi connectivity index (χ3n) is 5.67. The maximum atomic E-state index is 12.5. The number of carbonyl (C=O) groups is 2. The van der Waals surface area contributed by atoms with E-state index in [1.807, 2.05) is 17.0 Å². The molecule has 2 heterocycles. The Morgan fingerprint density at radius 1 is 0.963 bits per heavy atom. The lowest BCUT2D eigenvalue weighted by Gasteiger charge is -2.34. The average molecular weight is 383 g/mol. The monoisotopic (exact) mass is 382 g/mol. The van der Waals surface area contributed by atoms with Crippen molar-refractivity contribution in [2.75, 3.05) is 26.2 Å². The molecule has 4 rings (SSSR count). The molecule has 1 aliphatic heterocycles. The topological polar surface area (TPSA) is 40.6 Å². The molecule has 5 heteroatoms. The molecule has 27 heavy (non-hydrogen) atoms. The summed E-state index contributed by atoms with van der Waals surface area (Å²) in [4.78, 5) is 30.7. The van der Waals surface area contributed by atoms with Crippen molar-refractivity contribution < 1.29 is 9.59 Å². The normalized spacial score (nSPS) is 17.1. The van der Waals surface area contributed by atoms with E-state index in [1.54, 1.807) is 11.3 Å². The summed E-state index contributed by atoms with van der Waals surface area (Å²) in [6.07, 6.45) is 4.02. The van der Waals surface area contributed by atoms with Crippen LogP contribution >= 0.6 is 11.3 Å². The van der Waals surface area contributed by atoms with Crippen molar-refractivity contribution in [1.82, 2.24) is 9.80 Å². The molecular weight excluding hydrogens is 356 g/mol. The standard InChI is InChI=1S/C22H26N2O2S/c25-21(19-7-6-17-3-1-4-18(17)15-19)8-9-22(26)24-12-10-23(11-13-24)16-20-5-2-14-27-20/h2,5-7,14-15H,1,3-4,8-13,16H2. The fourth-order valence-electron chi connectivity index (χ4n) is 4.05. The number of fused-ring (bicyclic) bond motifs is 1. The predicted octanol–water partition coefficient (Wildman–Crippen LogP) is 3.54. The number of rotatable bonds is 6. The fraction of sp³-hybridized carbons (Fsp3) is 0.455. The number of hydrogen-bond acceptors (Lipinski definition) is 4. The smallest absolute Gasteiger partial charge is 0.223 e. The highest BCUT2D eigenvalue weighted by molar-refractivity contribution is 7.09. The molecule has 1 saturated heterocycles. The molecule has 0 spiro atoms. The van der Waals surface area contributed by atoms with Gasteiger partial charge in [-0.05, 0) is 47.9 Å². The minimum Gasteiger partial charge on any atom is -0.340 e. The molecule has 0 bridgehead atoms. The summed E-state index contributed by atoms with van der Waals surface area (Å²) in [5.74, 6) is 0.203. The summed E-state index contributed by atoms with van der Waals surface area (Å²) >= 11 is 1.78. The number of ketones is 1. The molecular formula is C22H26N2O2S. The van der Waals surface area contributed by atoms with Gasteiger partial charge in [-0.15, -0.1) is 11.3 Å². The van der Waals surface area contributed by atoms with Gasteiger partial charge in [0.25, 0.3) is 0 Å². The minimum atomic E-state index is 0.0920. The number of hydrogen-bond donors (Lipinski definition) is 0. The Hall–Kier alpha value is -1.98. The third-order valence-corrected chi connectivity index (χ3v) is 6.53. The van der Waals surface area contributed by atoms with Crippen LogP contribution in [0.1, 0.15) is 45.6 Å². The molecule has 0 N–H and O–H groups in total. The van der Waals surface area contributed by atoms with Crippen LogP contribution in [0.3, 0.4) is 0 Å². The van der Waals surface area contributed by atoms with E-state index < -0.39 is 0 Å². The summed E-state index contributed by atoms with van der Waals surface area (Å²) in [6, 6.07) is 10.3. The Morgan fingerprint density at radius 2 is 1.78 bits per heavy atom. The highest BCUT2D eigenvalue weighted by Gasteiger charge is 2.22. The van der Waals surface area contributed by atoms with Gasteiger partial charge in [-0.2, -0.15) is 0 Å². The van der Waals surface area contributed by atoms with Crippen LogP contribution in [0.5, 0.6) is 0 Å². The van der Waals surface area contributed by atoms with E-state index in [1.165, 1.54) is 22.4 Å². The van der Waals surface area contributed by atoms with E-state index in [0.717, 1.165) is 51.1 Å². The summed E-state index contributed by atoms with van der Waals surface area (Å²) in [7, 11) is 0. The van der Waals surface area contributed by atoms with Gasteiger partial charge in [0.05, 0.1) is 0 Å². The maximum absolute atomic E-state index is 12.5. The van der Waals surface area contributed by atoms with E-state index in [0.29, 0.717) is 12.8 Å². The van der Waals surface area contributed by atoms with Crippen molar-refractivity contribution in [3.63, 3.8) is 0 Å². The Morgan fingerprint density at radius 3 is 2.56 bits per heavy atom. The van der Waals surface area contributed by atoms with Crippen molar-refractivity contribution in [1.29, 1.82) is 0 Å². The summed E-state index contributed by atoms with van der Waals surface area (Å²) in [5, 5.41) is 2.10. The van der Waals surface area contributed by atoms with Crippen LogP contribution in [0, 0.1) is 0 Å². The van der Waals surface area contributed by atoms with E-state index in [4.69, 9.17) is 0 Å². The number of carbonyl (C=O) groups excluding carboxylic acids is 2.